The van der Waals surface area contributed by atoms with Crippen molar-refractivity contribution < 1.29 is 18.7 Å². The second kappa shape index (κ2) is 7.44. The summed E-state index contributed by atoms with van der Waals surface area (Å²) in [5, 5.41) is 5.20. The van der Waals surface area contributed by atoms with E-state index in [4.69, 9.17) is 17.0 Å². The topological polar surface area (TPSA) is 59.6 Å². The molecule has 1 rings (SSSR count). The maximum Gasteiger partial charge on any atom is 0.413 e. The van der Waals surface area contributed by atoms with Crippen LogP contribution in [0, 0.1) is 5.82 Å². The van der Waals surface area contributed by atoms with Gasteiger partial charge in [-0.25, -0.2) is 9.18 Å². The fraction of sp³-hybridized carbons (Fsp3) is 0.273. The van der Waals surface area contributed by atoms with E-state index < -0.39 is 6.09 Å². The highest BCUT2D eigenvalue weighted by Gasteiger charge is 2.02. The number of rotatable bonds is 4. The fourth-order valence-corrected chi connectivity index (χ4v) is 1.24. The lowest BCUT2D eigenvalue weighted by Crippen LogP contribution is -2.40. The fourth-order valence-electron chi connectivity index (χ4n) is 1.05. The molecule has 0 radical (unpaired) electrons. The predicted molar refractivity (Wildman–Crippen MR) is 68.0 cm³/mol. The zero-order valence-electron chi connectivity index (χ0n) is 9.73. The van der Waals surface area contributed by atoms with E-state index in [-0.39, 0.29) is 10.9 Å². The summed E-state index contributed by atoms with van der Waals surface area (Å²) >= 11 is 4.82. The smallest absolute Gasteiger partial charge is 0.413 e. The normalized spacial score (nSPS) is 9.44. The number of carbonyl (C=O) groups excluding carboxylic acids is 1. The zero-order chi connectivity index (χ0) is 13.4. The first kappa shape index (κ1) is 14.2. The molecule has 1 amide bonds. The number of thiocarbonyl (C=S) groups is 1. The molecule has 0 saturated heterocycles. The van der Waals surface area contributed by atoms with Crippen LogP contribution in [0.25, 0.3) is 0 Å². The summed E-state index contributed by atoms with van der Waals surface area (Å²) in [7, 11) is 1.25. The van der Waals surface area contributed by atoms with Crippen LogP contribution in [0.1, 0.15) is 0 Å². The van der Waals surface area contributed by atoms with Crippen LogP contribution in [0.3, 0.4) is 0 Å². The van der Waals surface area contributed by atoms with E-state index in [0.717, 1.165) is 0 Å². The van der Waals surface area contributed by atoms with E-state index in [0.29, 0.717) is 18.9 Å². The van der Waals surface area contributed by atoms with Gasteiger partial charge in [0.25, 0.3) is 0 Å². The number of nitrogens with one attached hydrogen (secondary N) is 2. The molecule has 1 aromatic rings. The van der Waals surface area contributed by atoms with Crippen molar-refractivity contribution in [2.24, 2.45) is 0 Å². The molecule has 2 N–H and O–H groups in total. The van der Waals surface area contributed by atoms with Crippen LogP contribution in [-0.4, -0.2) is 31.5 Å². The molecule has 0 atom stereocenters. The molecule has 7 heteroatoms. The summed E-state index contributed by atoms with van der Waals surface area (Å²) in [5.74, 6) is 0.244. The molecule has 1 aromatic carbocycles. The van der Waals surface area contributed by atoms with Crippen molar-refractivity contribution >= 4 is 23.4 Å². The molecule has 0 aromatic heterocycles. The number of methoxy groups -OCH3 is 1. The number of halogens is 1. The van der Waals surface area contributed by atoms with E-state index >= 15 is 0 Å². The largest absolute Gasteiger partial charge is 0.492 e. The molecule has 0 aliphatic carbocycles. The molecule has 5 nitrogen and oxygen atoms in total. The van der Waals surface area contributed by atoms with Crippen LogP contribution in [0.5, 0.6) is 5.75 Å². The molecule has 0 fully saturated rings. The van der Waals surface area contributed by atoms with Crippen molar-refractivity contribution in [1.29, 1.82) is 0 Å². The summed E-state index contributed by atoms with van der Waals surface area (Å²) in [5.41, 5.74) is 0. The van der Waals surface area contributed by atoms with Crippen molar-refractivity contribution in [2.45, 2.75) is 0 Å². The first-order valence-corrected chi connectivity index (χ1v) is 5.54. The number of amides is 1. The lowest BCUT2D eigenvalue weighted by molar-refractivity contribution is 0.176. The highest BCUT2D eigenvalue weighted by atomic mass is 32.1. The van der Waals surface area contributed by atoms with Crippen LogP contribution in [0.2, 0.25) is 0 Å². The van der Waals surface area contributed by atoms with E-state index in [9.17, 15) is 9.18 Å². The number of carbonyl (C=O) groups is 1. The van der Waals surface area contributed by atoms with Gasteiger partial charge >= 0.3 is 6.09 Å². The Labute approximate surface area is 109 Å². The molecule has 98 valence electrons. The van der Waals surface area contributed by atoms with Crippen LogP contribution in [-0.2, 0) is 4.74 Å². The van der Waals surface area contributed by atoms with Crippen molar-refractivity contribution in [3.8, 4) is 5.75 Å². The number of hydrogen-bond acceptors (Lipinski definition) is 4. The van der Waals surface area contributed by atoms with Gasteiger partial charge in [-0.3, -0.25) is 5.32 Å². The van der Waals surface area contributed by atoms with Crippen LogP contribution >= 0.6 is 12.2 Å². The summed E-state index contributed by atoms with van der Waals surface area (Å²) < 4.78 is 22.3. The third-order valence-electron chi connectivity index (χ3n) is 1.87. The van der Waals surface area contributed by atoms with E-state index in [1.54, 1.807) is 0 Å². The zero-order valence-corrected chi connectivity index (χ0v) is 10.6. The number of alkyl carbamates (subject to hydrolysis) is 1. The average Bonchev–Trinajstić information content (AvgIpc) is 2.36. The van der Waals surface area contributed by atoms with Gasteiger partial charge in [0.1, 0.15) is 18.2 Å². The van der Waals surface area contributed by atoms with Crippen molar-refractivity contribution in [1.82, 2.24) is 10.6 Å². The van der Waals surface area contributed by atoms with Crippen LogP contribution in [0.15, 0.2) is 24.3 Å². The van der Waals surface area contributed by atoms with Gasteiger partial charge in [0.2, 0.25) is 0 Å². The van der Waals surface area contributed by atoms with Gasteiger partial charge in [-0.2, -0.15) is 0 Å². The molecule has 0 heterocycles. The number of benzene rings is 1. The van der Waals surface area contributed by atoms with E-state index in [1.807, 2.05) is 0 Å². The van der Waals surface area contributed by atoms with E-state index in [1.165, 1.54) is 31.4 Å². The Hall–Kier alpha value is -1.89. The van der Waals surface area contributed by atoms with Crippen molar-refractivity contribution in [3.05, 3.63) is 30.1 Å². The van der Waals surface area contributed by atoms with Gasteiger partial charge in [-0.15, -0.1) is 0 Å². The molecule has 0 bridgehead atoms. The summed E-state index contributed by atoms with van der Waals surface area (Å²) in [4.78, 5) is 10.8. The first-order chi connectivity index (χ1) is 8.61. The lowest BCUT2D eigenvalue weighted by atomic mass is 10.3. The lowest BCUT2D eigenvalue weighted by Gasteiger charge is -2.09. The maximum atomic E-state index is 12.6. The minimum Gasteiger partial charge on any atom is -0.492 e. The molecule has 0 aliphatic rings. The molecule has 0 aliphatic heterocycles. The van der Waals surface area contributed by atoms with Crippen LogP contribution in [0.4, 0.5) is 9.18 Å². The van der Waals surface area contributed by atoms with Gasteiger partial charge in [0, 0.05) is 0 Å². The highest BCUT2D eigenvalue weighted by molar-refractivity contribution is 7.80. The highest BCUT2D eigenvalue weighted by Crippen LogP contribution is 2.10. The van der Waals surface area contributed by atoms with Gasteiger partial charge in [-0.1, -0.05) is 0 Å². The van der Waals surface area contributed by atoms with Gasteiger partial charge in [0.15, 0.2) is 5.11 Å². The molecule has 0 spiro atoms. The molecule has 18 heavy (non-hydrogen) atoms. The Morgan fingerprint density at radius 2 is 2.06 bits per heavy atom. The monoisotopic (exact) mass is 272 g/mol. The van der Waals surface area contributed by atoms with Gasteiger partial charge < -0.3 is 14.8 Å². The minimum atomic E-state index is -0.632. The summed E-state index contributed by atoms with van der Waals surface area (Å²) in [6.07, 6.45) is -0.632. The summed E-state index contributed by atoms with van der Waals surface area (Å²) in [6, 6.07) is 5.68. The van der Waals surface area contributed by atoms with E-state index in [2.05, 4.69) is 15.4 Å². The number of ether oxygens (including phenoxy) is 2. The van der Waals surface area contributed by atoms with Crippen LogP contribution < -0.4 is 15.4 Å². The Kier molecular flexibility index (Phi) is 5.86. The Bertz CT molecular complexity index is 411. The average molecular weight is 272 g/mol. The predicted octanol–water partition coefficient (Wildman–Crippen LogP) is 1.43. The third kappa shape index (κ3) is 5.44. The Morgan fingerprint density at radius 3 is 2.67 bits per heavy atom. The van der Waals surface area contributed by atoms with Crippen molar-refractivity contribution in [3.63, 3.8) is 0 Å². The van der Waals surface area contributed by atoms with Gasteiger partial charge in [-0.05, 0) is 36.5 Å². The van der Waals surface area contributed by atoms with Crippen molar-refractivity contribution in [2.75, 3.05) is 20.3 Å². The molecule has 0 unspecified atom stereocenters. The molecular formula is C11H13FN2O3S. The quantitative estimate of drug-likeness (QED) is 0.641. The Morgan fingerprint density at radius 1 is 1.39 bits per heavy atom. The molecule has 0 saturated carbocycles. The third-order valence-corrected chi connectivity index (χ3v) is 2.12. The second-order valence-electron chi connectivity index (χ2n) is 3.17. The molecular weight excluding hydrogens is 259 g/mol. The maximum absolute atomic E-state index is 12.6. The summed E-state index contributed by atoms with van der Waals surface area (Å²) in [6.45, 7) is 0.731. The first-order valence-electron chi connectivity index (χ1n) is 5.13. The number of hydrogen-bond donors (Lipinski definition) is 2. The standard InChI is InChI=1S/C11H13FN2O3S/c1-16-11(15)14-10(18)13-6-7-17-9-4-2-8(12)3-5-9/h2-5H,6-7H2,1H3,(H2,13,14,15,18). The van der Waals surface area contributed by atoms with Gasteiger partial charge in [0.05, 0.1) is 13.7 Å². The Balaban J connectivity index is 2.17. The SMILES string of the molecule is COC(=O)NC(=S)NCCOc1ccc(F)cc1. The second-order valence-corrected chi connectivity index (χ2v) is 3.58. The minimum absolute atomic E-state index is 0.157.